The van der Waals surface area contributed by atoms with E-state index in [0.717, 1.165) is 24.2 Å². The Morgan fingerprint density at radius 2 is 2.32 bits per heavy atom. The quantitative estimate of drug-likeness (QED) is 0.778. The Hall–Kier alpha value is -1.36. The predicted octanol–water partition coefficient (Wildman–Crippen LogP) is 1.83. The lowest BCUT2D eigenvalue weighted by molar-refractivity contribution is -0.117. The van der Waals surface area contributed by atoms with E-state index in [-0.39, 0.29) is 11.9 Å². The summed E-state index contributed by atoms with van der Waals surface area (Å²) in [5, 5.41) is 13.3. The number of carbonyl (C=O) groups is 1. The number of aromatic nitrogens is 2. The SMILES string of the molecule is CCc1cn[nH]c1NC(=O)C1CC2CCCCC2N1. The molecule has 3 N–H and O–H groups in total. The molecule has 1 saturated carbocycles. The molecule has 0 bridgehead atoms. The second kappa shape index (κ2) is 5.33. The summed E-state index contributed by atoms with van der Waals surface area (Å²) in [6, 6.07) is 0.512. The van der Waals surface area contributed by atoms with Crippen LogP contribution in [-0.4, -0.2) is 28.2 Å². The summed E-state index contributed by atoms with van der Waals surface area (Å²) in [5.41, 5.74) is 1.06. The first-order chi connectivity index (χ1) is 9.28. The van der Waals surface area contributed by atoms with Gasteiger partial charge >= 0.3 is 0 Å². The van der Waals surface area contributed by atoms with Gasteiger partial charge in [0.15, 0.2) is 0 Å². The van der Waals surface area contributed by atoms with Crippen LogP contribution in [0.25, 0.3) is 0 Å². The van der Waals surface area contributed by atoms with Crippen LogP contribution >= 0.6 is 0 Å². The average Bonchev–Trinajstić information content (AvgIpc) is 3.03. The topological polar surface area (TPSA) is 69.8 Å². The van der Waals surface area contributed by atoms with Gasteiger partial charge in [0.05, 0.1) is 12.2 Å². The molecule has 3 unspecified atom stereocenters. The molecule has 1 amide bonds. The molecule has 2 fully saturated rings. The van der Waals surface area contributed by atoms with Gasteiger partial charge in [0.2, 0.25) is 5.91 Å². The molecule has 1 aromatic rings. The van der Waals surface area contributed by atoms with Gasteiger partial charge in [-0.15, -0.1) is 0 Å². The van der Waals surface area contributed by atoms with Crippen LogP contribution < -0.4 is 10.6 Å². The second-order valence-corrected chi connectivity index (χ2v) is 5.72. The Morgan fingerprint density at radius 3 is 3.11 bits per heavy atom. The van der Waals surface area contributed by atoms with E-state index in [1.807, 2.05) is 0 Å². The maximum Gasteiger partial charge on any atom is 0.242 e. The normalized spacial score (nSPS) is 30.1. The second-order valence-electron chi connectivity index (χ2n) is 5.72. The molecule has 0 spiro atoms. The summed E-state index contributed by atoms with van der Waals surface area (Å²) in [6.45, 7) is 2.06. The van der Waals surface area contributed by atoms with E-state index in [0.29, 0.717) is 12.0 Å². The van der Waals surface area contributed by atoms with Crippen LogP contribution in [0.4, 0.5) is 5.82 Å². The average molecular weight is 262 g/mol. The predicted molar refractivity (Wildman–Crippen MR) is 73.9 cm³/mol. The number of anilines is 1. The molecule has 2 heterocycles. The fraction of sp³-hybridized carbons (Fsp3) is 0.714. The summed E-state index contributed by atoms with van der Waals surface area (Å²) in [5.74, 6) is 1.52. The highest BCUT2D eigenvalue weighted by Crippen LogP contribution is 2.33. The molecule has 104 valence electrons. The number of H-pyrrole nitrogens is 1. The van der Waals surface area contributed by atoms with Crippen LogP contribution in [0.5, 0.6) is 0 Å². The number of hydrogen-bond acceptors (Lipinski definition) is 3. The van der Waals surface area contributed by atoms with Crippen molar-refractivity contribution in [3.63, 3.8) is 0 Å². The van der Waals surface area contributed by atoms with Crippen molar-refractivity contribution in [3.05, 3.63) is 11.8 Å². The first kappa shape index (κ1) is 12.7. The van der Waals surface area contributed by atoms with E-state index in [4.69, 9.17) is 0 Å². The molecule has 2 aliphatic rings. The van der Waals surface area contributed by atoms with E-state index >= 15 is 0 Å². The Kier molecular flexibility index (Phi) is 3.55. The number of fused-ring (bicyclic) bond motifs is 1. The number of rotatable bonds is 3. The van der Waals surface area contributed by atoms with Crippen LogP contribution in [0.1, 0.15) is 44.6 Å². The van der Waals surface area contributed by atoms with Crippen molar-refractivity contribution in [1.29, 1.82) is 0 Å². The molecule has 0 radical (unpaired) electrons. The van der Waals surface area contributed by atoms with Crippen molar-refractivity contribution < 1.29 is 4.79 Å². The highest BCUT2D eigenvalue weighted by molar-refractivity contribution is 5.94. The standard InChI is InChI=1S/C14H22N4O/c1-2-9-8-15-18-13(9)17-14(19)12-7-10-5-3-4-6-11(10)16-12/h8,10-12,16H,2-7H2,1H3,(H2,15,17,18,19). The first-order valence-electron chi connectivity index (χ1n) is 7.37. The van der Waals surface area contributed by atoms with Crippen LogP contribution in [0.2, 0.25) is 0 Å². The van der Waals surface area contributed by atoms with E-state index in [1.165, 1.54) is 25.7 Å². The highest BCUT2D eigenvalue weighted by Gasteiger charge is 2.38. The van der Waals surface area contributed by atoms with Gasteiger partial charge in [-0.1, -0.05) is 19.8 Å². The number of hydrogen-bond donors (Lipinski definition) is 3. The third-order valence-corrected chi connectivity index (χ3v) is 4.53. The number of nitrogens with one attached hydrogen (secondary N) is 3. The molecule has 1 aromatic heterocycles. The molecule has 19 heavy (non-hydrogen) atoms. The highest BCUT2D eigenvalue weighted by atomic mass is 16.2. The van der Waals surface area contributed by atoms with Gasteiger partial charge in [-0.2, -0.15) is 5.10 Å². The number of aryl methyl sites for hydroxylation is 1. The van der Waals surface area contributed by atoms with E-state index in [9.17, 15) is 4.79 Å². The Balaban J connectivity index is 1.62. The van der Waals surface area contributed by atoms with Gasteiger partial charge < -0.3 is 10.6 Å². The Bertz CT molecular complexity index is 442. The van der Waals surface area contributed by atoms with Crippen molar-refractivity contribution in [2.45, 2.75) is 57.5 Å². The lowest BCUT2D eigenvalue weighted by Gasteiger charge is -2.24. The smallest absolute Gasteiger partial charge is 0.242 e. The van der Waals surface area contributed by atoms with E-state index in [1.54, 1.807) is 6.20 Å². The molecular formula is C14H22N4O. The summed E-state index contributed by atoms with van der Waals surface area (Å²) >= 11 is 0. The lowest BCUT2D eigenvalue weighted by atomic mass is 9.85. The van der Waals surface area contributed by atoms with E-state index < -0.39 is 0 Å². The van der Waals surface area contributed by atoms with Crippen LogP contribution in [0, 0.1) is 5.92 Å². The number of amides is 1. The third-order valence-electron chi connectivity index (χ3n) is 4.53. The summed E-state index contributed by atoms with van der Waals surface area (Å²) in [4.78, 5) is 12.3. The van der Waals surface area contributed by atoms with Gasteiger partial charge in [0.1, 0.15) is 5.82 Å². The van der Waals surface area contributed by atoms with Crippen molar-refractivity contribution in [2.24, 2.45) is 5.92 Å². The summed E-state index contributed by atoms with van der Waals surface area (Å²) in [6.07, 6.45) is 8.73. The van der Waals surface area contributed by atoms with E-state index in [2.05, 4.69) is 27.8 Å². The van der Waals surface area contributed by atoms with Crippen molar-refractivity contribution in [3.8, 4) is 0 Å². The zero-order valence-corrected chi connectivity index (χ0v) is 11.4. The molecule has 3 atom stereocenters. The van der Waals surface area contributed by atoms with Gasteiger partial charge in [0, 0.05) is 11.6 Å². The minimum absolute atomic E-state index is 0.0406. The maximum absolute atomic E-state index is 12.3. The number of aromatic amines is 1. The van der Waals surface area contributed by atoms with Crippen molar-refractivity contribution in [1.82, 2.24) is 15.5 Å². The zero-order chi connectivity index (χ0) is 13.2. The lowest BCUT2D eigenvalue weighted by Crippen LogP contribution is -2.40. The van der Waals surface area contributed by atoms with Crippen LogP contribution in [0.15, 0.2) is 6.20 Å². The Labute approximate surface area is 113 Å². The molecule has 3 rings (SSSR count). The zero-order valence-electron chi connectivity index (χ0n) is 11.4. The third kappa shape index (κ3) is 2.52. The minimum atomic E-state index is -0.0406. The van der Waals surface area contributed by atoms with Crippen molar-refractivity contribution >= 4 is 11.7 Å². The maximum atomic E-state index is 12.3. The monoisotopic (exact) mass is 262 g/mol. The molecule has 1 aliphatic carbocycles. The molecule has 1 saturated heterocycles. The van der Waals surface area contributed by atoms with Gasteiger partial charge in [-0.05, 0) is 31.6 Å². The Morgan fingerprint density at radius 1 is 1.47 bits per heavy atom. The van der Waals surface area contributed by atoms with Gasteiger partial charge in [-0.3, -0.25) is 9.89 Å². The molecule has 5 nitrogen and oxygen atoms in total. The van der Waals surface area contributed by atoms with Gasteiger partial charge in [-0.25, -0.2) is 0 Å². The molecule has 0 aromatic carbocycles. The van der Waals surface area contributed by atoms with Crippen LogP contribution in [0.3, 0.4) is 0 Å². The van der Waals surface area contributed by atoms with Crippen molar-refractivity contribution in [2.75, 3.05) is 5.32 Å². The minimum Gasteiger partial charge on any atom is -0.309 e. The fourth-order valence-electron chi connectivity index (χ4n) is 3.42. The fourth-order valence-corrected chi connectivity index (χ4v) is 3.42. The first-order valence-corrected chi connectivity index (χ1v) is 7.37. The van der Waals surface area contributed by atoms with Crippen LogP contribution in [-0.2, 0) is 11.2 Å². The van der Waals surface area contributed by atoms with Gasteiger partial charge in [0.25, 0.3) is 0 Å². The molecular weight excluding hydrogens is 240 g/mol. The summed E-state index contributed by atoms with van der Waals surface area (Å²) in [7, 11) is 0. The number of carbonyl (C=O) groups excluding carboxylic acids is 1. The molecule has 5 heteroatoms. The number of nitrogens with zero attached hydrogens (tertiary/aromatic N) is 1. The molecule has 1 aliphatic heterocycles. The largest absolute Gasteiger partial charge is 0.309 e. The summed E-state index contributed by atoms with van der Waals surface area (Å²) < 4.78 is 0.